The summed E-state index contributed by atoms with van der Waals surface area (Å²) in [6.45, 7) is 5.78. The molecule has 0 spiro atoms. The summed E-state index contributed by atoms with van der Waals surface area (Å²) in [5, 5.41) is 2.00. The van der Waals surface area contributed by atoms with Crippen LogP contribution >= 0.6 is 0 Å². The van der Waals surface area contributed by atoms with Gasteiger partial charge in [-0.3, -0.25) is 0 Å². The van der Waals surface area contributed by atoms with E-state index in [2.05, 4.69) is 46.9 Å². The highest BCUT2D eigenvalue weighted by Crippen LogP contribution is 2.39. The van der Waals surface area contributed by atoms with Crippen molar-refractivity contribution in [3.63, 3.8) is 0 Å². The van der Waals surface area contributed by atoms with Crippen LogP contribution < -0.4 is 4.57 Å². The van der Waals surface area contributed by atoms with Gasteiger partial charge in [-0.05, 0) is 54.8 Å². The Morgan fingerprint density at radius 2 is 1.90 bits per heavy atom. The number of furan rings is 1. The van der Waals surface area contributed by atoms with Crippen LogP contribution in [0.3, 0.4) is 0 Å². The molecular weight excluding hydrogens is 356 g/mol. The van der Waals surface area contributed by atoms with Crippen LogP contribution in [0.15, 0.2) is 47.0 Å². The van der Waals surface area contributed by atoms with Gasteiger partial charge < -0.3 is 4.42 Å². The van der Waals surface area contributed by atoms with E-state index in [4.69, 9.17) is 7.16 Å². The monoisotopic (exact) mass is 387 g/mol. The second-order valence-electron chi connectivity index (χ2n) is 8.51. The summed E-state index contributed by atoms with van der Waals surface area (Å²) in [6.07, 6.45) is 6.16. The second-order valence-corrected chi connectivity index (χ2v) is 8.51. The summed E-state index contributed by atoms with van der Waals surface area (Å²) in [5.41, 5.74) is 6.41. The van der Waals surface area contributed by atoms with Gasteiger partial charge in [-0.2, -0.15) is 0 Å². The van der Waals surface area contributed by atoms with E-state index in [1.807, 2.05) is 33.0 Å². The van der Waals surface area contributed by atoms with Crippen LogP contribution in [0, 0.1) is 6.92 Å². The molecule has 29 heavy (non-hydrogen) atoms. The van der Waals surface area contributed by atoms with E-state index >= 15 is 0 Å². The molecule has 1 saturated carbocycles. The number of rotatable bonds is 3. The molecule has 1 aliphatic rings. The molecule has 3 aromatic heterocycles. The Bertz CT molecular complexity index is 1310. The Morgan fingerprint density at radius 3 is 2.66 bits per heavy atom. The van der Waals surface area contributed by atoms with Gasteiger partial charge in [0.05, 0.1) is 5.56 Å². The largest absolute Gasteiger partial charge is 0.437 e. The van der Waals surface area contributed by atoms with E-state index in [1.165, 1.54) is 0 Å². The zero-order valence-electron chi connectivity index (χ0n) is 19.7. The van der Waals surface area contributed by atoms with Gasteiger partial charge in [0, 0.05) is 31.3 Å². The minimum Gasteiger partial charge on any atom is -0.437 e. The number of benzene rings is 1. The van der Waals surface area contributed by atoms with Gasteiger partial charge in [0.15, 0.2) is 11.8 Å². The lowest BCUT2D eigenvalue weighted by Crippen LogP contribution is -2.31. The lowest BCUT2D eigenvalue weighted by molar-refractivity contribution is -0.660. The zero-order valence-corrected chi connectivity index (χ0v) is 17.7. The van der Waals surface area contributed by atoms with E-state index in [1.54, 1.807) is 0 Å². The van der Waals surface area contributed by atoms with Crippen molar-refractivity contribution < 1.29 is 11.7 Å². The lowest BCUT2D eigenvalue weighted by atomic mass is 9.94. The molecule has 0 unspecified atom stereocenters. The number of pyridine rings is 2. The van der Waals surface area contributed by atoms with Crippen molar-refractivity contribution in [2.45, 2.75) is 58.2 Å². The quantitative estimate of drug-likeness (QED) is 0.373. The highest BCUT2D eigenvalue weighted by Gasteiger charge is 2.24. The highest BCUT2D eigenvalue weighted by atomic mass is 16.3. The van der Waals surface area contributed by atoms with Crippen LogP contribution in [0.2, 0.25) is 0 Å². The first-order chi connectivity index (χ1) is 14.7. The molecule has 1 aromatic carbocycles. The number of fused-ring (bicyclic) bond motifs is 3. The van der Waals surface area contributed by atoms with Gasteiger partial charge in [0.2, 0.25) is 11.4 Å². The van der Waals surface area contributed by atoms with Crippen molar-refractivity contribution >= 4 is 22.1 Å². The predicted molar refractivity (Wildman–Crippen MR) is 118 cm³/mol. The first kappa shape index (κ1) is 16.2. The molecule has 3 heterocycles. The molecule has 0 radical (unpaired) electrons. The fourth-order valence-corrected chi connectivity index (χ4v) is 4.54. The van der Waals surface area contributed by atoms with Gasteiger partial charge >= 0.3 is 0 Å². The van der Waals surface area contributed by atoms with Gasteiger partial charge in [-0.1, -0.05) is 38.8 Å². The molecule has 3 nitrogen and oxygen atoms in total. The second kappa shape index (κ2) is 6.98. The average Bonchev–Trinajstić information content (AvgIpc) is 3.32. The third-order valence-corrected chi connectivity index (χ3v) is 6.25. The Labute approximate surface area is 175 Å². The van der Waals surface area contributed by atoms with E-state index in [0.717, 1.165) is 64.4 Å². The van der Waals surface area contributed by atoms with Crippen LogP contribution in [-0.4, -0.2) is 4.98 Å². The molecule has 4 aromatic rings. The van der Waals surface area contributed by atoms with Crippen molar-refractivity contribution in [1.82, 2.24) is 4.98 Å². The van der Waals surface area contributed by atoms with Gasteiger partial charge in [-0.25, -0.2) is 9.55 Å². The van der Waals surface area contributed by atoms with Gasteiger partial charge in [0.25, 0.3) is 0 Å². The van der Waals surface area contributed by atoms with Crippen molar-refractivity contribution in [1.29, 1.82) is 0 Å². The molecule has 0 N–H and O–H groups in total. The third-order valence-electron chi connectivity index (χ3n) is 6.25. The first-order valence-electron chi connectivity index (χ1n) is 11.5. The molecule has 1 aliphatic carbocycles. The predicted octanol–water partition coefficient (Wildman–Crippen LogP) is 6.56. The summed E-state index contributed by atoms with van der Waals surface area (Å²) >= 11 is 0. The molecule has 3 heteroatoms. The van der Waals surface area contributed by atoms with Crippen molar-refractivity contribution in [3.05, 3.63) is 59.4 Å². The standard InChI is InChI=1S/C26H29N2O/c1-16(2)22-12-11-21-20-10-9-17(3)24(25(20)29-26(21)27-22)23-15-19(13-14-28(23)4)18-7-5-6-8-18/h9-16,18H,5-8H2,1-4H3/q+1/i16D,18D. The fraction of sp³-hybridized carbons (Fsp3) is 0.385. The highest BCUT2D eigenvalue weighted by molar-refractivity contribution is 6.08. The van der Waals surface area contributed by atoms with Crippen molar-refractivity contribution in [3.8, 4) is 11.3 Å². The lowest BCUT2D eigenvalue weighted by Gasteiger charge is -2.11. The normalized spacial score (nSPS) is 17.7. The van der Waals surface area contributed by atoms with Gasteiger partial charge in [0.1, 0.15) is 7.05 Å². The molecule has 0 bridgehead atoms. The Morgan fingerprint density at radius 1 is 1.14 bits per heavy atom. The van der Waals surface area contributed by atoms with E-state index in [-0.39, 0.29) is 0 Å². The van der Waals surface area contributed by atoms with Crippen LogP contribution in [-0.2, 0) is 7.05 Å². The number of hydrogen-bond acceptors (Lipinski definition) is 2. The summed E-state index contributed by atoms with van der Waals surface area (Å²) < 4.78 is 25.8. The maximum Gasteiger partial charge on any atom is 0.227 e. The smallest absolute Gasteiger partial charge is 0.227 e. The van der Waals surface area contributed by atoms with Crippen LogP contribution in [0.1, 0.15) is 70.9 Å². The Balaban J connectivity index is 1.76. The molecule has 1 fully saturated rings. The third kappa shape index (κ3) is 3.04. The van der Waals surface area contributed by atoms with Crippen molar-refractivity contribution in [2.75, 3.05) is 0 Å². The maximum atomic E-state index is 8.98. The fourth-order valence-electron chi connectivity index (χ4n) is 4.54. The molecule has 5 rings (SSSR count). The molecular formula is C26H29N2O+. The molecule has 0 atom stereocenters. The number of aromatic nitrogens is 2. The summed E-state index contributed by atoms with van der Waals surface area (Å²) in [4.78, 5) is 4.67. The number of aryl methyl sites for hydroxylation is 2. The Kier molecular flexibility index (Phi) is 3.89. The number of nitrogens with zero attached hydrogens (tertiary/aromatic N) is 2. The summed E-state index contributed by atoms with van der Waals surface area (Å²) in [6, 6.07) is 12.5. The van der Waals surface area contributed by atoms with Crippen LogP contribution in [0.4, 0.5) is 0 Å². The van der Waals surface area contributed by atoms with Gasteiger partial charge in [-0.15, -0.1) is 0 Å². The van der Waals surface area contributed by atoms with Crippen LogP contribution in [0.5, 0.6) is 0 Å². The SMILES string of the molecule is [2H]C(C)(C)c1ccc2c(n1)oc1c(-c3cc(C4([2H])CCCC4)cc[n+]3C)c(C)ccc12. The van der Waals surface area contributed by atoms with E-state index in [0.29, 0.717) is 11.4 Å². The molecule has 0 amide bonds. The average molecular weight is 388 g/mol. The van der Waals surface area contributed by atoms with E-state index < -0.39 is 11.8 Å². The zero-order chi connectivity index (χ0) is 22.0. The molecule has 148 valence electrons. The minimum absolute atomic E-state index is 0.491. The van der Waals surface area contributed by atoms with Crippen molar-refractivity contribution in [2.24, 2.45) is 7.05 Å². The summed E-state index contributed by atoms with van der Waals surface area (Å²) in [5.74, 6) is -1.27. The molecule has 0 aliphatic heterocycles. The number of hydrogen-bond donors (Lipinski definition) is 0. The Hall–Kier alpha value is -2.68. The summed E-state index contributed by atoms with van der Waals surface area (Å²) in [7, 11) is 2.05. The topological polar surface area (TPSA) is 29.9 Å². The maximum absolute atomic E-state index is 8.98. The first-order valence-corrected chi connectivity index (χ1v) is 10.5. The van der Waals surface area contributed by atoms with Crippen LogP contribution in [0.25, 0.3) is 33.3 Å². The van der Waals surface area contributed by atoms with E-state index in [9.17, 15) is 0 Å². The minimum atomic E-state index is -0.781. The molecule has 0 saturated heterocycles.